The first-order valence-electron chi connectivity index (χ1n) is 8.77. The zero-order valence-corrected chi connectivity index (χ0v) is 16.1. The van der Waals surface area contributed by atoms with Crippen LogP contribution in [-0.4, -0.2) is 28.9 Å². The maximum Gasteiger partial charge on any atom is 0.266 e. The zero-order chi connectivity index (χ0) is 18.3. The van der Waals surface area contributed by atoms with Crippen molar-refractivity contribution in [1.82, 2.24) is 9.88 Å². The summed E-state index contributed by atoms with van der Waals surface area (Å²) in [6.07, 6.45) is 2.10. The molecule has 3 aromatic rings. The third-order valence-electron chi connectivity index (χ3n) is 5.00. The fraction of sp³-hybridized carbons (Fsp3) is 0.300. The highest BCUT2D eigenvalue weighted by Crippen LogP contribution is 2.35. The molecule has 134 valence electrons. The number of fused-ring (bicyclic) bond motifs is 1. The van der Waals surface area contributed by atoms with Gasteiger partial charge in [0.25, 0.3) is 5.91 Å². The number of nitrogens with zero attached hydrogens (tertiary/aromatic N) is 2. The molecule has 0 atom stereocenters. The summed E-state index contributed by atoms with van der Waals surface area (Å²) >= 11 is 7.34. The minimum Gasteiger partial charge on any atom is -0.397 e. The first kappa shape index (κ1) is 17.3. The molecule has 0 saturated carbocycles. The van der Waals surface area contributed by atoms with Gasteiger partial charge in [0, 0.05) is 29.1 Å². The van der Waals surface area contributed by atoms with Gasteiger partial charge in [-0.05, 0) is 43.0 Å². The molecule has 2 N–H and O–H groups in total. The fourth-order valence-electron chi connectivity index (χ4n) is 3.29. The lowest BCUT2D eigenvalue weighted by Gasteiger charge is -2.30. The van der Waals surface area contributed by atoms with Gasteiger partial charge in [-0.15, -0.1) is 11.3 Å². The Morgan fingerprint density at radius 3 is 2.58 bits per heavy atom. The van der Waals surface area contributed by atoms with E-state index in [0.717, 1.165) is 47.4 Å². The van der Waals surface area contributed by atoms with Crippen LogP contribution in [-0.2, 0) is 0 Å². The highest BCUT2D eigenvalue weighted by Gasteiger charge is 2.25. The number of amides is 1. The van der Waals surface area contributed by atoms with E-state index in [-0.39, 0.29) is 5.91 Å². The number of nitrogen functional groups attached to an aromatic ring is 1. The van der Waals surface area contributed by atoms with Gasteiger partial charge < -0.3 is 10.6 Å². The van der Waals surface area contributed by atoms with Crippen LogP contribution in [0.2, 0.25) is 5.02 Å². The van der Waals surface area contributed by atoms with Gasteiger partial charge in [0.1, 0.15) is 9.71 Å². The smallest absolute Gasteiger partial charge is 0.266 e. The van der Waals surface area contributed by atoms with Crippen molar-refractivity contribution >= 4 is 44.7 Å². The van der Waals surface area contributed by atoms with Crippen molar-refractivity contribution in [2.45, 2.75) is 19.8 Å². The third-order valence-corrected chi connectivity index (χ3v) is 6.35. The van der Waals surface area contributed by atoms with E-state index in [9.17, 15) is 4.79 Å². The summed E-state index contributed by atoms with van der Waals surface area (Å²) in [6.45, 7) is 3.84. The normalized spacial score (nSPS) is 15.5. The molecule has 1 aliphatic rings. The molecule has 1 aliphatic heterocycles. The number of pyridine rings is 1. The molecule has 1 amide bonds. The summed E-state index contributed by atoms with van der Waals surface area (Å²) in [7, 11) is 0. The van der Waals surface area contributed by atoms with Crippen molar-refractivity contribution in [3.8, 4) is 11.3 Å². The number of piperidine rings is 1. The van der Waals surface area contributed by atoms with Crippen LogP contribution in [0.25, 0.3) is 21.5 Å². The number of benzene rings is 1. The van der Waals surface area contributed by atoms with E-state index in [1.54, 1.807) is 0 Å². The predicted molar refractivity (Wildman–Crippen MR) is 109 cm³/mol. The Morgan fingerprint density at radius 1 is 1.19 bits per heavy atom. The van der Waals surface area contributed by atoms with Gasteiger partial charge in [-0.2, -0.15) is 0 Å². The molecular weight excluding hydrogens is 366 g/mol. The van der Waals surface area contributed by atoms with Gasteiger partial charge in [0.05, 0.1) is 11.4 Å². The van der Waals surface area contributed by atoms with Gasteiger partial charge in [0.15, 0.2) is 0 Å². The van der Waals surface area contributed by atoms with Crippen molar-refractivity contribution in [3.63, 3.8) is 0 Å². The average molecular weight is 386 g/mol. The van der Waals surface area contributed by atoms with Crippen molar-refractivity contribution in [2.24, 2.45) is 5.92 Å². The molecule has 0 unspecified atom stereocenters. The second-order valence-corrected chi connectivity index (χ2v) is 8.31. The summed E-state index contributed by atoms with van der Waals surface area (Å²) in [4.78, 5) is 20.9. The lowest BCUT2D eigenvalue weighted by atomic mass is 9.99. The van der Waals surface area contributed by atoms with E-state index < -0.39 is 0 Å². The standard InChI is InChI=1S/C20H20ClN3OS/c1-12-8-10-24(11-9-12)20(25)18-17(22)15-6-7-16(23-19(15)26-18)13-2-4-14(21)5-3-13/h2-7,12H,8-11,22H2,1H3. The first-order chi connectivity index (χ1) is 12.5. The second-order valence-electron chi connectivity index (χ2n) is 6.88. The molecule has 2 aromatic heterocycles. The molecule has 4 rings (SSSR count). The maximum absolute atomic E-state index is 12.9. The minimum absolute atomic E-state index is 0.0328. The van der Waals surface area contributed by atoms with Crippen molar-refractivity contribution in [1.29, 1.82) is 0 Å². The van der Waals surface area contributed by atoms with E-state index >= 15 is 0 Å². The Balaban J connectivity index is 1.68. The Morgan fingerprint density at radius 2 is 1.88 bits per heavy atom. The van der Waals surface area contributed by atoms with Crippen molar-refractivity contribution in [2.75, 3.05) is 18.8 Å². The SMILES string of the molecule is CC1CCN(C(=O)c2sc3nc(-c4ccc(Cl)cc4)ccc3c2N)CC1. The molecule has 1 aromatic carbocycles. The quantitative estimate of drug-likeness (QED) is 0.669. The summed E-state index contributed by atoms with van der Waals surface area (Å²) in [5, 5.41) is 1.54. The maximum atomic E-state index is 12.9. The van der Waals surface area contributed by atoms with E-state index in [4.69, 9.17) is 22.3 Å². The molecule has 6 heteroatoms. The minimum atomic E-state index is 0.0328. The number of likely N-dealkylation sites (tertiary alicyclic amines) is 1. The first-order valence-corrected chi connectivity index (χ1v) is 9.96. The zero-order valence-electron chi connectivity index (χ0n) is 14.5. The van der Waals surface area contributed by atoms with Gasteiger partial charge in [-0.1, -0.05) is 30.7 Å². The van der Waals surface area contributed by atoms with Crippen LogP contribution in [0.5, 0.6) is 0 Å². The highest BCUT2D eigenvalue weighted by molar-refractivity contribution is 7.21. The second kappa shape index (κ2) is 6.89. The number of nitrogens with two attached hydrogens (primary N) is 1. The van der Waals surface area contributed by atoms with Gasteiger partial charge in [0.2, 0.25) is 0 Å². The molecule has 0 radical (unpaired) electrons. The van der Waals surface area contributed by atoms with Gasteiger partial charge in [-0.3, -0.25) is 4.79 Å². The molecule has 1 fully saturated rings. The van der Waals surface area contributed by atoms with E-state index in [2.05, 4.69) is 6.92 Å². The van der Waals surface area contributed by atoms with E-state index in [0.29, 0.717) is 21.5 Å². The molecule has 4 nitrogen and oxygen atoms in total. The van der Waals surface area contributed by atoms with Crippen LogP contribution in [0.1, 0.15) is 29.4 Å². The average Bonchev–Trinajstić information content (AvgIpc) is 2.98. The van der Waals surface area contributed by atoms with Crippen LogP contribution in [0.4, 0.5) is 5.69 Å². The number of carbonyl (C=O) groups is 1. The topological polar surface area (TPSA) is 59.2 Å². The van der Waals surface area contributed by atoms with Gasteiger partial charge >= 0.3 is 0 Å². The summed E-state index contributed by atoms with van der Waals surface area (Å²) < 4.78 is 0. The number of rotatable bonds is 2. The largest absolute Gasteiger partial charge is 0.397 e. The summed E-state index contributed by atoms with van der Waals surface area (Å²) in [6, 6.07) is 11.5. The number of hydrogen-bond acceptors (Lipinski definition) is 4. The third kappa shape index (κ3) is 3.17. The van der Waals surface area contributed by atoms with E-state index in [1.165, 1.54) is 11.3 Å². The number of halogens is 1. The Kier molecular flexibility index (Phi) is 4.59. The number of thiophene rings is 1. The van der Waals surface area contributed by atoms with Crippen LogP contribution < -0.4 is 5.73 Å². The Hall–Kier alpha value is -2.11. The molecule has 0 spiro atoms. The number of hydrogen-bond donors (Lipinski definition) is 1. The van der Waals surface area contributed by atoms with Crippen molar-refractivity contribution in [3.05, 3.63) is 46.3 Å². The van der Waals surface area contributed by atoms with Crippen molar-refractivity contribution < 1.29 is 4.79 Å². The monoisotopic (exact) mass is 385 g/mol. The molecule has 3 heterocycles. The molecule has 0 bridgehead atoms. The Bertz CT molecular complexity index is 959. The highest BCUT2D eigenvalue weighted by atomic mass is 35.5. The lowest BCUT2D eigenvalue weighted by Crippen LogP contribution is -2.37. The molecule has 26 heavy (non-hydrogen) atoms. The molecular formula is C20H20ClN3OS. The predicted octanol–water partition coefficient (Wildman–Crippen LogP) is 5.07. The molecule has 0 aliphatic carbocycles. The number of aromatic nitrogens is 1. The summed E-state index contributed by atoms with van der Waals surface area (Å²) in [5.74, 6) is 0.716. The fourth-order valence-corrected chi connectivity index (χ4v) is 4.48. The van der Waals surface area contributed by atoms with E-state index in [1.807, 2.05) is 41.3 Å². The van der Waals surface area contributed by atoms with Crippen LogP contribution in [0.15, 0.2) is 36.4 Å². The number of carbonyl (C=O) groups excluding carboxylic acids is 1. The number of anilines is 1. The van der Waals surface area contributed by atoms with Gasteiger partial charge in [-0.25, -0.2) is 4.98 Å². The van der Waals surface area contributed by atoms with Crippen LogP contribution in [0, 0.1) is 5.92 Å². The summed E-state index contributed by atoms with van der Waals surface area (Å²) in [5.41, 5.74) is 8.67. The lowest BCUT2D eigenvalue weighted by molar-refractivity contribution is 0.0703. The Labute approximate surface area is 161 Å². The van der Waals surface area contributed by atoms with Crippen LogP contribution in [0.3, 0.4) is 0 Å². The van der Waals surface area contributed by atoms with Crippen LogP contribution >= 0.6 is 22.9 Å². The molecule has 1 saturated heterocycles.